The first kappa shape index (κ1) is 22.2. The minimum absolute atomic E-state index is 0.113. The molecule has 1 saturated heterocycles. The highest BCUT2D eigenvalue weighted by molar-refractivity contribution is 7.89. The molecular weight excluding hydrogens is 450 g/mol. The van der Waals surface area contributed by atoms with Crippen molar-refractivity contribution in [2.75, 3.05) is 23.3 Å². The van der Waals surface area contributed by atoms with Gasteiger partial charge < -0.3 is 10.2 Å². The number of hydrogen-bond acceptors (Lipinski definition) is 5. The van der Waals surface area contributed by atoms with E-state index in [-0.39, 0.29) is 35.4 Å². The molecule has 3 aliphatic rings. The number of carbonyl (C=O) groups is 1. The molecule has 3 N–H and O–H groups in total. The number of carbonyl (C=O) groups excluding carboxylic acids is 1. The molecule has 0 atom stereocenters. The topological polar surface area (TPSA) is 105 Å². The van der Waals surface area contributed by atoms with Gasteiger partial charge >= 0.3 is 0 Å². The normalized spacial score (nSPS) is 20.9. The number of amides is 1. The number of alkyl halides is 2. The summed E-state index contributed by atoms with van der Waals surface area (Å²) >= 11 is 0. The fraction of sp³-hybridized carbons (Fsp3) is 0.478. The van der Waals surface area contributed by atoms with E-state index >= 15 is 0 Å². The number of nitrogens with one attached hydrogen (secondary N) is 1. The van der Waals surface area contributed by atoms with Crippen LogP contribution in [-0.4, -0.2) is 38.3 Å². The summed E-state index contributed by atoms with van der Waals surface area (Å²) in [6.07, 6.45) is 3.85. The van der Waals surface area contributed by atoms with Crippen molar-refractivity contribution in [2.45, 2.75) is 55.8 Å². The maximum atomic E-state index is 14.0. The van der Waals surface area contributed by atoms with Crippen LogP contribution in [0.3, 0.4) is 0 Å². The van der Waals surface area contributed by atoms with Gasteiger partial charge in [-0.15, -0.1) is 0 Å². The smallest absolute Gasteiger partial charge is 0.259 e. The highest BCUT2D eigenvalue weighted by atomic mass is 32.2. The van der Waals surface area contributed by atoms with Crippen LogP contribution in [0.15, 0.2) is 35.2 Å². The van der Waals surface area contributed by atoms with E-state index in [0.29, 0.717) is 24.3 Å². The van der Waals surface area contributed by atoms with Crippen LogP contribution in [0.5, 0.6) is 0 Å². The number of pyridine rings is 1. The summed E-state index contributed by atoms with van der Waals surface area (Å²) in [6, 6.07) is 7.54. The summed E-state index contributed by atoms with van der Waals surface area (Å²) in [5, 5.41) is 7.94. The summed E-state index contributed by atoms with van der Waals surface area (Å²) in [5.74, 6) is -2.76. The minimum Gasteiger partial charge on any atom is -0.356 e. The van der Waals surface area contributed by atoms with E-state index in [1.165, 1.54) is 18.2 Å². The average Bonchev–Trinajstić information content (AvgIpc) is 3.42. The van der Waals surface area contributed by atoms with Gasteiger partial charge in [-0.25, -0.2) is 27.3 Å². The molecule has 0 bridgehead atoms. The Kier molecular flexibility index (Phi) is 5.20. The molecular formula is C23H26F2N4O3S. The standard InChI is InChI=1S/C23H26F2N4O3S/c24-23(25)5-2-9-29(10-8-23)20-18(11-15-13-22(6-7-22)14-19(15)28-20)21(30)27-16-3-1-4-17(12-16)33(26,31)32/h1,3-4,11-12H,2,5-10,13-14H2,(H,27,30)(H2,26,31,32). The molecule has 1 amide bonds. The Morgan fingerprint density at radius 3 is 2.61 bits per heavy atom. The van der Waals surface area contributed by atoms with Crippen molar-refractivity contribution in [1.29, 1.82) is 0 Å². The number of anilines is 2. The third-order valence-electron chi connectivity index (χ3n) is 6.92. The van der Waals surface area contributed by atoms with E-state index < -0.39 is 21.9 Å². The quantitative estimate of drug-likeness (QED) is 0.703. The maximum absolute atomic E-state index is 14.0. The second-order valence-electron chi connectivity index (χ2n) is 9.54. The molecule has 1 aromatic heterocycles. The van der Waals surface area contributed by atoms with Crippen LogP contribution in [0, 0.1) is 5.41 Å². The van der Waals surface area contributed by atoms with Crippen molar-refractivity contribution in [1.82, 2.24) is 4.98 Å². The Balaban J connectivity index is 1.49. The lowest BCUT2D eigenvalue weighted by Crippen LogP contribution is -2.30. The maximum Gasteiger partial charge on any atom is 0.259 e. The Hall–Kier alpha value is -2.59. The van der Waals surface area contributed by atoms with Crippen LogP contribution in [-0.2, 0) is 22.9 Å². The molecule has 2 fully saturated rings. The molecule has 1 aromatic carbocycles. The number of hydrogen-bond donors (Lipinski definition) is 2. The van der Waals surface area contributed by atoms with E-state index in [4.69, 9.17) is 10.1 Å². The second kappa shape index (κ2) is 7.73. The lowest BCUT2D eigenvalue weighted by molar-refractivity contribution is -0.0102. The number of fused-ring (bicyclic) bond motifs is 1. The number of aromatic nitrogens is 1. The highest BCUT2D eigenvalue weighted by Crippen LogP contribution is 2.55. The first-order valence-electron chi connectivity index (χ1n) is 11.1. The first-order valence-corrected chi connectivity index (χ1v) is 12.7. The average molecular weight is 477 g/mol. The zero-order valence-corrected chi connectivity index (χ0v) is 18.9. The van der Waals surface area contributed by atoms with Crippen molar-refractivity contribution >= 4 is 27.4 Å². The largest absolute Gasteiger partial charge is 0.356 e. The molecule has 0 radical (unpaired) electrons. The Morgan fingerprint density at radius 2 is 1.88 bits per heavy atom. The third kappa shape index (κ3) is 4.59. The van der Waals surface area contributed by atoms with Crippen LogP contribution < -0.4 is 15.4 Å². The molecule has 1 saturated carbocycles. The van der Waals surface area contributed by atoms with Crippen molar-refractivity contribution in [3.05, 3.63) is 47.2 Å². The highest BCUT2D eigenvalue weighted by Gasteiger charge is 2.48. The fourth-order valence-electron chi connectivity index (χ4n) is 4.87. The predicted octanol–water partition coefficient (Wildman–Crippen LogP) is 3.49. The number of rotatable bonds is 4. The van der Waals surface area contributed by atoms with E-state index in [1.807, 2.05) is 6.07 Å². The molecule has 2 heterocycles. The van der Waals surface area contributed by atoms with E-state index in [0.717, 1.165) is 36.9 Å². The monoisotopic (exact) mass is 476 g/mol. The molecule has 2 aromatic rings. The minimum atomic E-state index is -3.92. The van der Waals surface area contributed by atoms with Crippen LogP contribution in [0.4, 0.5) is 20.3 Å². The van der Waals surface area contributed by atoms with Crippen LogP contribution >= 0.6 is 0 Å². The van der Waals surface area contributed by atoms with Gasteiger partial charge in [-0.05, 0) is 67.3 Å². The zero-order valence-electron chi connectivity index (χ0n) is 18.1. The fourth-order valence-corrected chi connectivity index (χ4v) is 5.43. The SMILES string of the molecule is NS(=O)(=O)c1cccc(NC(=O)c2cc3c(nc2N2CCCC(F)(F)CC2)CC2(CC2)C3)c1. The number of nitrogens with two attached hydrogens (primary N) is 1. The van der Waals surface area contributed by atoms with Gasteiger partial charge in [-0.2, -0.15) is 0 Å². The van der Waals surface area contributed by atoms with Gasteiger partial charge in [0.25, 0.3) is 5.91 Å². The molecule has 2 aliphatic carbocycles. The Labute approximate surface area is 191 Å². The van der Waals surface area contributed by atoms with Crippen LogP contribution in [0.25, 0.3) is 0 Å². The summed E-state index contributed by atoms with van der Waals surface area (Å²) in [7, 11) is -3.92. The number of halogens is 2. The molecule has 1 spiro atoms. The molecule has 5 rings (SSSR count). The zero-order chi connectivity index (χ0) is 23.4. The molecule has 0 unspecified atom stereocenters. The van der Waals surface area contributed by atoms with Crippen LogP contribution in [0.1, 0.15) is 53.7 Å². The predicted molar refractivity (Wildman–Crippen MR) is 120 cm³/mol. The first-order chi connectivity index (χ1) is 15.5. The van der Waals surface area contributed by atoms with Crippen LogP contribution in [0.2, 0.25) is 0 Å². The molecule has 176 valence electrons. The molecule has 1 aliphatic heterocycles. The molecule has 33 heavy (non-hydrogen) atoms. The number of primary sulfonamides is 1. The van der Waals surface area contributed by atoms with Gasteiger partial charge in [0.15, 0.2) is 0 Å². The summed E-state index contributed by atoms with van der Waals surface area (Å²) < 4.78 is 51.3. The lowest BCUT2D eigenvalue weighted by Gasteiger charge is -2.25. The Bertz CT molecular complexity index is 1230. The van der Waals surface area contributed by atoms with E-state index in [2.05, 4.69) is 5.32 Å². The summed E-state index contributed by atoms with van der Waals surface area (Å²) in [4.78, 5) is 19.8. The second-order valence-corrected chi connectivity index (χ2v) is 11.1. The molecule has 7 nitrogen and oxygen atoms in total. The van der Waals surface area contributed by atoms with E-state index in [9.17, 15) is 22.0 Å². The van der Waals surface area contributed by atoms with Gasteiger partial charge in [-0.1, -0.05) is 6.07 Å². The van der Waals surface area contributed by atoms with E-state index in [1.54, 1.807) is 11.0 Å². The lowest BCUT2D eigenvalue weighted by atomic mass is 10.0. The van der Waals surface area contributed by atoms with Gasteiger partial charge in [0.05, 0.1) is 10.5 Å². The van der Waals surface area contributed by atoms with Crippen molar-refractivity contribution in [3.63, 3.8) is 0 Å². The van der Waals surface area contributed by atoms with Gasteiger partial charge in [-0.3, -0.25) is 4.79 Å². The van der Waals surface area contributed by atoms with Crippen molar-refractivity contribution in [2.24, 2.45) is 10.6 Å². The van der Waals surface area contributed by atoms with Gasteiger partial charge in [0.1, 0.15) is 5.82 Å². The summed E-state index contributed by atoms with van der Waals surface area (Å²) in [6.45, 7) is 0.513. The molecule has 10 heteroatoms. The van der Waals surface area contributed by atoms with Crippen molar-refractivity contribution in [3.8, 4) is 0 Å². The van der Waals surface area contributed by atoms with Gasteiger partial charge in [0, 0.05) is 37.3 Å². The summed E-state index contributed by atoms with van der Waals surface area (Å²) in [5.41, 5.74) is 2.82. The number of benzene rings is 1. The van der Waals surface area contributed by atoms with Gasteiger partial charge in [0.2, 0.25) is 15.9 Å². The number of nitrogens with zero attached hydrogens (tertiary/aromatic N) is 2. The Morgan fingerprint density at radius 1 is 1.09 bits per heavy atom. The third-order valence-corrected chi connectivity index (χ3v) is 7.83. The van der Waals surface area contributed by atoms with Crippen molar-refractivity contribution < 1.29 is 22.0 Å². The number of sulfonamides is 1.